The third-order valence-electron chi connectivity index (χ3n) is 4.66. The molecule has 0 saturated heterocycles. The monoisotopic (exact) mass is 333 g/mol. The molecular weight excluding hydrogens is 318 g/mol. The lowest BCUT2D eigenvalue weighted by atomic mass is 10.0. The van der Waals surface area contributed by atoms with Gasteiger partial charge in [-0.1, -0.05) is 12.1 Å². The average molecular weight is 333 g/mol. The highest BCUT2D eigenvalue weighted by Crippen LogP contribution is 2.40. The molecule has 1 aliphatic rings. The largest absolute Gasteiger partial charge is 0.493 e. The van der Waals surface area contributed by atoms with Gasteiger partial charge in [-0.2, -0.15) is 0 Å². The summed E-state index contributed by atoms with van der Waals surface area (Å²) in [6.45, 7) is 0.261. The van der Waals surface area contributed by atoms with Crippen LogP contribution in [0.25, 0.3) is 32.4 Å². The lowest BCUT2D eigenvalue weighted by Gasteiger charge is -2.11. The van der Waals surface area contributed by atoms with Crippen LogP contribution >= 0.6 is 0 Å². The zero-order valence-electron chi connectivity index (χ0n) is 13.8. The number of hydrogen-bond acceptors (Lipinski definition) is 5. The summed E-state index contributed by atoms with van der Waals surface area (Å²) >= 11 is 0. The van der Waals surface area contributed by atoms with E-state index in [0.29, 0.717) is 11.5 Å². The van der Waals surface area contributed by atoms with Crippen LogP contribution in [-0.4, -0.2) is 26.0 Å². The molecule has 5 nitrogen and oxygen atoms in total. The molecule has 0 atom stereocenters. The molecule has 1 aliphatic heterocycles. The van der Waals surface area contributed by atoms with Gasteiger partial charge in [0, 0.05) is 22.4 Å². The van der Waals surface area contributed by atoms with E-state index in [4.69, 9.17) is 23.9 Å². The van der Waals surface area contributed by atoms with E-state index in [-0.39, 0.29) is 6.79 Å². The molecule has 0 radical (unpaired) electrons. The Labute approximate surface area is 143 Å². The molecule has 5 heteroatoms. The Morgan fingerprint density at radius 3 is 2.36 bits per heavy atom. The molecule has 124 valence electrons. The van der Waals surface area contributed by atoms with Crippen molar-refractivity contribution in [2.45, 2.75) is 0 Å². The predicted octanol–water partition coefficient (Wildman–Crippen LogP) is 4.29. The number of fused-ring (bicyclic) bond motifs is 6. The second kappa shape index (κ2) is 5.14. The number of ether oxygens (including phenoxy) is 4. The highest BCUT2D eigenvalue weighted by atomic mass is 16.7. The van der Waals surface area contributed by atoms with Gasteiger partial charge in [0.1, 0.15) is 0 Å². The van der Waals surface area contributed by atoms with E-state index < -0.39 is 0 Å². The molecule has 0 aliphatic carbocycles. The number of methoxy groups -OCH3 is 2. The topological polar surface area (TPSA) is 49.8 Å². The van der Waals surface area contributed by atoms with Crippen LogP contribution in [0.5, 0.6) is 23.0 Å². The first kappa shape index (κ1) is 14.2. The van der Waals surface area contributed by atoms with Gasteiger partial charge < -0.3 is 18.9 Å². The van der Waals surface area contributed by atoms with Crippen LogP contribution in [0.2, 0.25) is 0 Å². The summed E-state index contributed by atoms with van der Waals surface area (Å²) in [6.07, 6.45) is 1.87. The fourth-order valence-corrected chi connectivity index (χ4v) is 3.42. The van der Waals surface area contributed by atoms with Crippen molar-refractivity contribution in [1.29, 1.82) is 0 Å². The fourth-order valence-electron chi connectivity index (χ4n) is 3.42. The minimum atomic E-state index is 0.261. The zero-order chi connectivity index (χ0) is 17.0. The number of hydrogen-bond donors (Lipinski definition) is 0. The van der Waals surface area contributed by atoms with Crippen molar-refractivity contribution in [3.05, 3.63) is 42.6 Å². The number of pyridine rings is 1. The Balaban J connectivity index is 1.88. The van der Waals surface area contributed by atoms with Crippen molar-refractivity contribution in [3.63, 3.8) is 0 Å². The highest BCUT2D eigenvalue weighted by Gasteiger charge is 2.17. The molecule has 1 aromatic heterocycles. The van der Waals surface area contributed by atoms with Crippen molar-refractivity contribution >= 4 is 32.4 Å². The standard InChI is InChI=1S/C20H15NO4/c1-22-16-5-11-3-4-13-14-7-19-18(24-10-25-19)6-12(14)9-21-20(13)15(11)8-17(16)23-2/h3-9H,10H2,1-2H3. The molecule has 4 aromatic rings. The number of rotatable bonds is 2. The van der Waals surface area contributed by atoms with Gasteiger partial charge in [0.15, 0.2) is 23.0 Å². The molecule has 0 amide bonds. The van der Waals surface area contributed by atoms with E-state index in [0.717, 1.165) is 43.9 Å². The van der Waals surface area contributed by atoms with E-state index in [1.165, 1.54) is 0 Å². The molecule has 0 N–H and O–H groups in total. The molecular formula is C20H15NO4. The van der Waals surface area contributed by atoms with Gasteiger partial charge in [-0.15, -0.1) is 0 Å². The lowest BCUT2D eigenvalue weighted by molar-refractivity contribution is 0.174. The Bertz CT molecular complexity index is 1150. The van der Waals surface area contributed by atoms with Gasteiger partial charge in [0.2, 0.25) is 6.79 Å². The van der Waals surface area contributed by atoms with Crippen LogP contribution in [0.1, 0.15) is 0 Å². The summed E-state index contributed by atoms with van der Waals surface area (Å²) in [5.41, 5.74) is 0.921. The van der Waals surface area contributed by atoms with Gasteiger partial charge in [0.25, 0.3) is 0 Å². The Hall–Kier alpha value is -3.21. The van der Waals surface area contributed by atoms with Gasteiger partial charge in [-0.25, -0.2) is 0 Å². The van der Waals surface area contributed by atoms with E-state index >= 15 is 0 Å². The van der Waals surface area contributed by atoms with Gasteiger partial charge >= 0.3 is 0 Å². The minimum absolute atomic E-state index is 0.261. The van der Waals surface area contributed by atoms with Gasteiger partial charge in [-0.05, 0) is 35.0 Å². The Kier molecular flexibility index (Phi) is 2.91. The summed E-state index contributed by atoms with van der Waals surface area (Å²) in [4.78, 5) is 4.70. The second-order valence-electron chi connectivity index (χ2n) is 5.94. The molecule has 25 heavy (non-hydrogen) atoms. The normalized spacial score (nSPS) is 12.9. The summed E-state index contributed by atoms with van der Waals surface area (Å²) in [7, 11) is 3.28. The molecule has 0 bridgehead atoms. The number of benzene rings is 3. The first-order valence-corrected chi connectivity index (χ1v) is 7.95. The molecule has 2 heterocycles. The van der Waals surface area contributed by atoms with Crippen molar-refractivity contribution in [1.82, 2.24) is 4.98 Å². The van der Waals surface area contributed by atoms with E-state index in [2.05, 4.69) is 12.1 Å². The highest BCUT2D eigenvalue weighted by molar-refractivity contribution is 6.16. The van der Waals surface area contributed by atoms with Crippen LogP contribution in [0.4, 0.5) is 0 Å². The second-order valence-corrected chi connectivity index (χ2v) is 5.94. The lowest BCUT2D eigenvalue weighted by Crippen LogP contribution is -1.92. The third-order valence-corrected chi connectivity index (χ3v) is 4.66. The van der Waals surface area contributed by atoms with E-state index in [9.17, 15) is 0 Å². The van der Waals surface area contributed by atoms with Crippen LogP contribution in [-0.2, 0) is 0 Å². The maximum absolute atomic E-state index is 5.53. The fraction of sp³-hybridized carbons (Fsp3) is 0.150. The van der Waals surface area contributed by atoms with Crippen molar-refractivity contribution in [3.8, 4) is 23.0 Å². The number of nitrogens with zero attached hydrogens (tertiary/aromatic N) is 1. The number of aromatic nitrogens is 1. The SMILES string of the molecule is COc1cc2ccc3c4cc5c(cc4cnc3c2cc1OC)OCO5. The van der Waals surface area contributed by atoms with Crippen LogP contribution in [0.15, 0.2) is 42.6 Å². The third kappa shape index (κ3) is 1.99. The molecule has 0 fully saturated rings. The summed E-state index contributed by atoms with van der Waals surface area (Å²) in [5, 5.41) is 5.26. The summed E-state index contributed by atoms with van der Waals surface area (Å²) in [6, 6.07) is 12.1. The quantitative estimate of drug-likeness (QED) is 0.512. The maximum Gasteiger partial charge on any atom is 0.231 e. The average Bonchev–Trinajstić information content (AvgIpc) is 3.11. The minimum Gasteiger partial charge on any atom is -0.493 e. The van der Waals surface area contributed by atoms with Crippen LogP contribution < -0.4 is 18.9 Å². The Morgan fingerprint density at radius 1 is 0.800 bits per heavy atom. The smallest absolute Gasteiger partial charge is 0.231 e. The summed E-state index contributed by atoms with van der Waals surface area (Å²) in [5.74, 6) is 2.93. The summed E-state index contributed by atoms with van der Waals surface area (Å²) < 4.78 is 21.8. The van der Waals surface area contributed by atoms with Gasteiger partial charge in [-0.3, -0.25) is 4.98 Å². The van der Waals surface area contributed by atoms with Crippen molar-refractivity contribution in [2.75, 3.05) is 21.0 Å². The van der Waals surface area contributed by atoms with Gasteiger partial charge in [0.05, 0.1) is 19.7 Å². The molecule has 0 saturated carbocycles. The first-order chi connectivity index (χ1) is 12.3. The van der Waals surface area contributed by atoms with Crippen molar-refractivity contribution in [2.24, 2.45) is 0 Å². The first-order valence-electron chi connectivity index (χ1n) is 7.95. The van der Waals surface area contributed by atoms with Crippen LogP contribution in [0.3, 0.4) is 0 Å². The Morgan fingerprint density at radius 2 is 1.56 bits per heavy atom. The van der Waals surface area contributed by atoms with Crippen LogP contribution in [0, 0.1) is 0 Å². The molecule has 0 unspecified atom stereocenters. The van der Waals surface area contributed by atoms with E-state index in [1.807, 2.05) is 30.5 Å². The van der Waals surface area contributed by atoms with Crippen molar-refractivity contribution < 1.29 is 18.9 Å². The molecule has 3 aromatic carbocycles. The molecule has 0 spiro atoms. The zero-order valence-corrected chi connectivity index (χ0v) is 13.8. The maximum atomic E-state index is 5.53. The van der Waals surface area contributed by atoms with E-state index in [1.54, 1.807) is 14.2 Å². The predicted molar refractivity (Wildman–Crippen MR) is 96.0 cm³/mol. The molecule has 5 rings (SSSR count).